The van der Waals surface area contributed by atoms with Crippen molar-refractivity contribution in [3.05, 3.63) is 12.2 Å². The molecule has 0 radical (unpaired) electrons. The molecule has 0 aromatic heterocycles. The van der Waals surface area contributed by atoms with Crippen LogP contribution in [0, 0.1) is 0 Å². The lowest BCUT2D eigenvalue weighted by Gasteiger charge is -2.19. The van der Waals surface area contributed by atoms with Crippen molar-refractivity contribution < 1.29 is 10.2 Å². The van der Waals surface area contributed by atoms with Gasteiger partial charge in [-0.15, -0.1) is 0 Å². The lowest BCUT2D eigenvalue weighted by Crippen LogP contribution is -2.43. The largest absolute Gasteiger partial charge is 0.394 e. The molecule has 3 nitrogen and oxygen atoms in total. The third kappa shape index (κ3) is 15.1. The summed E-state index contributed by atoms with van der Waals surface area (Å²) >= 11 is 4.94. The Balaban J connectivity index is 3.47. The van der Waals surface area contributed by atoms with Crippen LogP contribution < -0.4 is 5.32 Å². The van der Waals surface area contributed by atoms with Gasteiger partial charge in [-0.1, -0.05) is 95.5 Å². The SMILES string of the molecule is CCCCCCCCCCCCC/C=C/[C@@H](O)[C@H](CO)NC(C)=S. The van der Waals surface area contributed by atoms with Crippen molar-refractivity contribution in [3.8, 4) is 0 Å². The summed E-state index contributed by atoms with van der Waals surface area (Å²) in [4.78, 5) is 0.590. The minimum absolute atomic E-state index is 0.127. The standard InChI is InChI=1S/C20H39NO2S/c1-3-4-5-6-7-8-9-10-11-12-13-14-15-16-20(23)19(17-22)21-18(2)24/h15-16,19-20,22-23H,3-14,17H2,1-2H3,(H,21,24)/b16-15+/t19-,20+/m0/s1. The monoisotopic (exact) mass is 357 g/mol. The van der Waals surface area contributed by atoms with Crippen LogP contribution in [0.4, 0.5) is 0 Å². The molecule has 142 valence electrons. The Kier molecular flexibility index (Phi) is 17.0. The smallest absolute Gasteiger partial charge is 0.0944 e. The quantitative estimate of drug-likeness (QED) is 0.209. The van der Waals surface area contributed by atoms with Gasteiger partial charge in [0.15, 0.2) is 0 Å². The zero-order chi connectivity index (χ0) is 18.0. The summed E-state index contributed by atoms with van der Waals surface area (Å²) in [5, 5.41) is 22.1. The van der Waals surface area contributed by atoms with Crippen molar-refractivity contribution in [2.24, 2.45) is 0 Å². The summed E-state index contributed by atoms with van der Waals surface area (Å²) in [5.41, 5.74) is 0. The normalized spacial score (nSPS) is 14.0. The molecule has 0 saturated heterocycles. The van der Waals surface area contributed by atoms with Crippen LogP contribution in [0.5, 0.6) is 0 Å². The van der Waals surface area contributed by atoms with Crippen LogP contribution in [0.1, 0.15) is 90.9 Å². The molecule has 4 heteroatoms. The van der Waals surface area contributed by atoms with Crippen LogP contribution in [-0.2, 0) is 0 Å². The summed E-state index contributed by atoms with van der Waals surface area (Å²) in [6, 6.07) is -0.406. The van der Waals surface area contributed by atoms with Gasteiger partial charge < -0.3 is 15.5 Å². The molecule has 0 aromatic carbocycles. The number of unbranched alkanes of at least 4 members (excludes halogenated alkanes) is 11. The molecule has 0 rings (SSSR count). The zero-order valence-electron chi connectivity index (χ0n) is 15.8. The maximum Gasteiger partial charge on any atom is 0.0944 e. The number of aliphatic hydroxyl groups is 2. The van der Waals surface area contributed by atoms with E-state index in [2.05, 4.69) is 12.2 Å². The van der Waals surface area contributed by atoms with E-state index in [9.17, 15) is 10.2 Å². The number of allylic oxidation sites excluding steroid dienone is 1. The van der Waals surface area contributed by atoms with E-state index in [4.69, 9.17) is 12.2 Å². The molecule has 0 heterocycles. The zero-order valence-corrected chi connectivity index (χ0v) is 16.6. The molecule has 0 saturated carbocycles. The van der Waals surface area contributed by atoms with E-state index in [1.165, 1.54) is 70.6 Å². The Morgan fingerprint density at radius 1 is 0.958 bits per heavy atom. The highest BCUT2D eigenvalue weighted by Gasteiger charge is 2.14. The van der Waals surface area contributed by atoms with Crippen molar-refractivity contribution in [2.75, 3.05) is 6.61 Å². The van der Waals surface area contributed by atoms with E-state index < -0.39 is 12.1 Å². The highest BCUT2D eigenvalue weighted by atomic mass is 32.1. The van der Waals surface area contributed by atoms with E-state index in [1.54, 1.807) is 13.0 Å². The summed E-state index contributed by atoms with van der Waals surface area (Å²) in [7, 11) is 0. The van der Waals surface area contributed by atoms with Gasteiger partial charge in [-0.05, 0) is 19.8 Å². The van der Waals surface area contributed by atoms with Crippen LogP contribution in [0.2, 0.25) is 0 Å². The molecule has 2 atom stereocenters. The van der Waals surface area contributed by atoms with Gasteiger partial charge in [-0.2, -0.15) is 0 Å². The average Bonchev–Trinajstić information content (AvgIpc) is 2.56. The van der Waals surface area contributed by atoms with E-state index in [1.807, 2.05) is 6.08 Å². The highest BCUT2D eigenvalue weighted by molar-refractivity contribution is 7.80. The molecule has 0 aliphatic rings. The first kappa shape index (κ1) is 23.5. The molecule has 24 heavy (non-hydrogen) atoms. The van der Waals surface area contributed by atoms with Crippen molar-refractivity contribution in [1.29, 1.82) is 0 Å². The minimum Gasteiger partial charge on any atom is -0.394 e. The van der Waals surface area contributed by atoms with Gasteiger partial charge in [0.25, 0.3) is 0 Å². The van der Waals surface area contributed by atoms with Gasteiger partial charge >= 0.3 is 0 Å². The summed E-state index contributed by atoms with van der Waals surface area (Å²) in [6.45, 7) is 3.88. The molecule has 0 aromatic rings. The molecule has 0 fully saturated rings. The Labute approximate surface area is 154 Å². The molecule has 0 aliphatic heterocycles. The van der Waals surface area contributed by atoms with E-state index in [0.29, 0.717) is 4.99 Å². The highest BCUT2D eigenvalue weighted by Crippen LogP contribution is 2.12. The van der Waals surface area contributed by atoms with Gasteiger partial charge in [0.1, 0.15) is 0 Å². The number of hydrogen-bond donors (Lipinski definition) is 3. The van der Waals surface area contributed by atoms with Gasteiger partial charge in [-0.3, -0.25) is 0 Å². The topological polar surface area (TPSA) is 52.5 Å². The van der Waals surface area contributed by atoms with Gasteiger partial charge in [0.2, 0.25) is 0 Å². The Morgan fingerprint density at radius 2 is 1.46 bits per heavy atom. The third-order valence-electron chi connectivity index (χ3n) is 4.31. The van der Waals surface area contributed by atoms with E-state index >= 15 is 0 Å². The van der Waals surface area contributed by atoms with Crippen molar-refractivity contribution in [3.63, 3.8) is 0 Å². The summed E-state index contributed by atoms with van der Waals surface area (Å²) < 4.78 is 0. The summed E-state index contributed by atoms with van der Waals surface area (Å²) in [5.74, 6) is 0. The van der Waals surface area contributed by atoms with Crippen LogP contribution in [0.15, 0.2) is 12.2 Å². The fourth-order valence-electron chi connectivity index (χ4n) is 2.80. The first-order chi connectivity index (χ1) is 11.6. The van der Waals surface area contributed by atoms with Gasteiger partial charge in [0, 0.05) is 0 Å². The lowest BCUT2D eigenvalue weighted by atomic mass is 10.0. The molecule has 0 unspecified atom stereocenters. The lowest BCUT2D eigenvalue weighted by molar-refractivity contribution is 0.134. The third-order valence-corrected chi connectivity index (χ3v) is 4.42. The second-order valence-electron chi connectivity index (χ2n) is 6.73. The van der Waals surface area contributed by atoms with Crippen molar-refractivity contribution >= 4 is 17.2 Å². The van der Waals surface area contributed by atoms with Gasteiger partial charge in [0.05, 0.1) is 23.7 Å². The fraction of sp³-hybridized carbons (Fsp3) is 0.850. The van der Waals surface area contributed by atoms with E-state index in [-0.39, 0.29) is 6.61 Å². The Hall–Kier alpha value is -0.450. The maximum absolute atomic E-state index is 9.97. The molecule has 0 bridgehead atoms. The molecular weight excluding hydrogens is 318 g/mol. The van der Waals surface area contributed by atoms with Gasteiger partial charge in [-0.25, -0.2) is 0 Å². The number of hydrogen-bond acceptors (Lipinski definition) is 3. The first-order valence-electron chi connectivity index (χ1n) is 9.84. The van der Waals surface area contributed by atoms with Crippen LogP contribution in [0.3, 0.4) is 0 Å². The average molecular weight is 358 g/mol. The molecule has 0 spiro atoms. The number of thiocarbonyl (C=S) groups is 1. The number of aliphatic hydroxyl groups excluding tert-OH is 2. The second kappa shape index (κ2) is 17.4. The summed E-state index contributed by atoms with van der Waals surface area (Å²) in [6.07, 6.45) is 18.9. The van der Waals surface area contributed by atoms with Crippen LogP contribution in [-0.4, -0.2) is 34.0 Å². The number of nitrogens with one attached hydrogen (secondary N) is 1. The van der Waals surface area contributed by atoms with Crippen LogP contribution in [0.25, 0.3) is 0 Å². The minimum atomic E-state index is -0.694. The first-order valence-corrected chi connectivity index (χ1v) is 10.2. The van der Waals surface area contributed by atoms with Crippen molar-refractivity contribution in [2.45, 2.75) is 103 Å². The molecule has 0 amide bonds. The predicted octanol–water partition coefficient (Wildman–Crippen LogP) is 4.90. The van der Waals surface area contributed by atoms with Crippen LogP contribution >= 0.6 is 12.2 Å². The fourth-order valence-corrected chi connectivity index (χ4v) is 2.95. The second-order valence-corrected chi connectivity index (χ2v) is 7.34. The molecule has 0 aliphatic carbocycles. The maximum atomic E-state index is 9.97. The van der Waals surface area contributed by atoms with E-state index in [0.717, 1.165) is 6.42 Å². The number of rotatable bonds is 16. The predicted molar refractivity (Wildman–Crippen MR) is 109 cm³/mol. The van der Waals surface area contributed by atoms with Crippen molar-refractivity contribution in [1.82, 2.24) is 5.32 Å². The Bertz CT molecular complexity index is 321. The molecular formula is C20H39NO2S. The molecule has 3 N–H and O–H groups in total. The Morgan fingerprint density at radius 3 is 1.92 bits per heavy atom.